The van der Waals surface area contributed by atoms with Crippen LogP contribution in [0.3, 0.4) is 0 Å². The molecule has 3 rings (SSSR count). The van der Waals surface area contributed by atoms with E-state index in [9.17, 15) is 4.39 Å². The van der Waals surface area contributed by atoms with Gasteiger partial charge in [0.1, 0.15) is 11.5 Å². The number of nitrogens with zero attached hydrogens (tertiary/aromatic N) is 3. The maximum atomic E-state index is 13.6. The van der Waals surface area contributed by atoms with Gasteiger partial charge in [-0.3, -0.25) is 0 Å². The summed E-state index contributed by atoms with van der Waals surface area (Å²) in [6, 6.07) is 16.0. The van der Waals surface area contributed by atoms with E-state index in [2.05, 4.69) is 15.2 Å². The summed E-state index contributed by atoms with van der Waals surface area (Å²) < 4.78 is 13.6. The van der Waals surface area contributed by atoms with Crippen LogP contribution in [-0.2, 0) is 0 Å². The monoisotopic (exact) mass is 251 g/mol. The van der Waals surface area contributed by atoms with E-state index in [1.807, 2.05) is 30.3 Å². The lowest BCUT2D eigenvalue weighted by Gasteiger charge is -2.02. The van der Waals surface area contributed by atoms with Crippen molar-refractivity contribution in [2.45, 2.75) is 0 Å². The third-order valence-electron chi connectivity index (χ3n) is 2.74. The number of hydrogen-bond acceptors (Lipinski definition) is 3. The van der Waals surface area contributed by atoms with Crippen molar-refractivity contribution in [3.05, 3.63) is 66.6 Å². The number of benzene rings is 2. The van der Waals surface area contributed by atoms with Crippen molar-refractivity contribution >= 4 is 0 Å². The van der Waals surface area contributed by atoms with Crippen LogP contribution in [0.4, 0.5) is 4.39 Å². The highest BCUT2D eigenvalue weighted by Crippen LogP contribution is 2.20. The predicted octanol–water partition coefficient (Wildman–Crippen LogP) is 3.34. The van der Waals surface area contributed by atoms with Gasteiger partial charge in [-0.2, -0.15) is 0 Å². The highest BCUT2D eigenvalue weighted by atomic mass is 19.1. The summed E-state index contributed by atoms with van der Waals surface area (Å²) in [4.78, 5) is 4.23. The summed E-state index contributed by atoms with van der Waals surface area (Å²) in [5, 5.41) is 8.07. The lowest BCUT2D eigenvalue weighted by molar-refractivity contribution is 0.630. The fraction of sp³-hybridized carbons (Fsp3) is 0. The molecule has 0 N–H and O–H groups in total. The lowest BCUT2D eigenvalue weighted by atomic mass is 10.1. The third-order valence-corrected chi connectivity index (χ3v) is 2.74. The molecule has 0 saturated heterocycles. The second-order valence-corrected chi connectivity index (χ2v) is 4.01. The summed E-state index contributed by atoms with van der Waals surface area (Å²) in [5.41, 5.74) is 1.72. The molecule has 0 amide bonds. The average Bonchev–Trinajstić information content (AvgIpc) is 2.49. The van der Waals surface area contributed by atoms with Crippen molar-refractivity contribution in [1.82, 2.24) is 15.2 Å². The third kappa shape index (κ3) is 2.33. The van der Waals surface area contributed by atoms with Crippen molar-refractivity contribution in [2.75, 3.05) is 0 Å². The van der Waals surface area contributed by atoms with Crippen LogP contribution < -0.4 is 0 Å². The van der Waals surface area contributed by atoms with Crippen molar-refractivity contribution in [3.63, 3.8) is 0 Å². The molecule has 4 heteroatoms. The Kier molecular flexibility index (Phi) is 2.98. The molecule has 19 heavy (non-hydrogen) atoms. The van der Waals surface area contributed by atoms with Crippen LogP contribution in [0.25, 0.3) is 22.6 Å². The Labute approximate surface area is 109 Å². The van der Waals surface area contributed by atoms with Gasteiger partial charge in [0.05, 0.1) is 6.20 Å². The Bertz CT molecular complexity index is 681. The second-order valence-electron chi connectivity index (χ2n) is 4.01. The molecular weight excluding hydrogens is 241 g/mol. The topological polar surface area (TPSA) is 38.7 Å². The zero-order chi connectivity index (χ0) is 13.1. The molecule has 2 aromatic carbocycles. The summed E-state index contributed by atoms with van der Waals surface area (Å²) in [5.74, 6) is 0.201. The number of halogens is 1. The van der Waals surface area contributed by atoms with Gasteiger partial charge in [0, 0.05) is 11.1 Å². The van der Waals surface area contributed by atoms with E-state index in [0.717, 1.165) is 5.56 Å². The zero-order valence-corrected chi connectivity index (χ0v) is 9.99. The van der Waals surface area contributed by atoms with Gasteiger partial charge in [0.15, 0.2) is 5.82 Å². The van der Waals surface area contributed by atoms with E-state index in [1.165, 1.54) is 12.3 Å². The molecule has 0 saturated carbocycles. The summed E-state index contributed by atoms with van der Waals surface area (Å²) >= 11 is 0. The first kappa shape index (κ1) is 11.5. The van der Waals surface area contributed by atoms with Crippen molar-refractivity contribution in [2.24, 2.45) is 0 Å². The molecule has 0 aliphatic rings. The Morgan fingerprint density at radius 2 is 1.53 bits per heavy atom. The molecule has 0 radical (unpaired) electrons. The average molecular weight is 251 g/mol. The number of aromatic nitrogens is 3. The van der Waals surface area contributed by atoms with Crippen LogP contribution in [0.2, 0.25) is 0 Å². The first-order chi connectivity index (χ1) is 9.34. The SMILES string of the molecule is Fc1ccccc1-c1cnc(-c2ccccc2)nn1. The maximum Gasteiger partial charge on any atom is 0.181 e. The Hall–Kier alpha value is -2.62. The zero-order valence-electron chi connectivity index (χ0n) is 9.99. The van der Waals surface area contributed by atoms with Crippen molar-refractivity contribution < 1.29 is 4.39 Å². The molecule has 0 bridgehead atoms. The van der Waals surface area contributed by atoms with Crippen LogP contribution in [0.5, 0.6) is 0 Å². The van der Waals surface area contributed by atoms with Crippen molar-refractivity contribution in [1.29, 1.82) is 0 Å². The molecule has 0 spiro atoms. The van der Waals surface area contributed by atoms with Gasteiger partial charge in [0.2, 0.25) is 0 Å². The molecule has 3 aromatic rings. The quantitative estimate of drug-likeness (QED) is 0.701. The van der Waals surface area contributed by atoms with Gasteiger partial charge in [0.25, 0.3) is 0 Å². The molecule has 0 aliphatic carbocycles. The summed E-state index contributed by atoms with van der Waals surface area (Å²) in [6.07, 6.45) is 1.54. The standard InChI is InChI=1S/C15H10FN3/c16-13-9-5-4-8-12(13)14-10-17-15(19-18-14)11-6-2-1-3-7-11/h1-10H. The Balaban J connectivity index is 1.98. The van der Waals surface area contributed by atoms with Crippen LogP contribution in [0, 0.1) is 5.82 Å². The van der Waals surface area contributed by atoms with Gasteiger partial charge >= 0.3 is 0 Å². The van der Waals surface area contributed by atoms with E-state index < -0.39 is 0 Å². The largest absolute Gasteiger partial charge is 0.233 e. The minimum absolute atomic E-state index is 0.328. The van der Waals surface area contributed by atoms with Gasteiger partial charge < -0.3 is 0 Å². The number of hydrogen-bond donors (Lipinski definition) is 0. The molecule has 0 unspecified atom stereocenters. The van der Waals surface area contributed by atoms with Crippen LogP contribution in [-0.4, -0.2) is 15.2 Å². The fourth-order valence-electron chi connectivity index (χ4n) is 1.79. The minimum Gasteiger partial charge on any atom is -0.233 e. The molecule has 0 atom stereocenters. The van der Waals surface area contributed by atoms with E-state index >= 15 is 0 Å². The molecule has 3 nitrogen and oxygen atoms in total. The highest BCUT2D eigenvalue weighted by molar-refractivity contribution is 5.60. The molecule has 0 fully saturated rings. The van der Waals surface area contributed by atoms with Gasteiger partial charge in [-0.25, -0.2) is 9.37 Å². The normalized spacial score (nSPS) is 10.4. The maximum absolute atomic E-state index is 13.6. The molecule has 0 aliphatic heterocycles. The molecule has 1 heterocycles. The van der Waals surface area contributed by atoms with E-state index in [0.29, 0.717) is 17.1 Å². The van der Waals surface area contributed by atoms with Gasteiger partial charge in [-0.05, 0) is 12.1 Å². The van der Waals surface area contributed by atoms with Gasteiger partial charge in [-0.15, -0.1) is 10.2 Å². The molecule has 92 valence electrons. The van der Waals surface area contributed by atoms with Gasteiger partial charge in [-0.1, -0.05) is 42.5 Å². The Morgan fingerprint density at radius 1 is 0.789 bits per heavy atom. The van der Waals surface area contributed by atoms with Crippen LogP contribution in [0.1, 0.15) is 0 Å². The second kappa shape index (κ2) is 4.94. The van der Waals surface area contributed by atoms with Crippen LogP contribution >= 0.6 is 0 Å². The lowest BCUT2D eigenvalue weighted by Crippen LogP contribution is -1.95. The predicted molar refractivity (Wildman–Crippen MR) is 70.7 cm³/mol. The summed E-state index contributed by atoms with van der Waals surface area (Å²) in [7, 11) is 0. The first-order valence-corrected chi connectivity index (χ1v) is 5.84. The minimum atomic E-state index is -0.328. The fourth-order valence-corrected chi connectivity index (χ4v) is 1.79. The molecular formula is C15H10FN3. The van der Waals surface area contributed by atoms with E-state index in [-0.39, 0.29) is 5.82 Å². The highest BCUT2D eigenvalue weighted by Gasteiger charge is 2.07. The molecule has 1 aromatic heterocycles. The van der Waals surface area contributed by atoms with Crippen molar-refractivity contribution in [3.8, 4) is 22.6 Å². The van der Waals surface area contributed by atoms with E-state index in [1.54, 1.807) is 18.2 Å². The Morgan fingerprint density at radius 3 is 2.21 bits per heavy atom. The van der Waals surface area contributed by atoms with E-state index in [4.69, 9.17) is 0 Å². The smallest absolute Gasteiger partial charge is 0.181 e. The summed E-state index contributed by atoms with van der Waals surface area (Å²) in [6.45, 7) is 0. The first-order valence-electron chi connectivity index (χ1n) is 5.84. The number of rotatable bonds is 2. The van der Waals surface area contributed by atoms with Crippen LogP contribution in [0.15, 0.2) is 60.8 Å².